The van der Waals surface area contributed by atoms with Crippen LogP contribution in [0, 0.1) is 0 Å². The van der Waals surface area contributed by atoms with Crippen molar-refractivity contribution in [2.45, 2.75) is 25.2 Å². The van der Waals surface area contributed by atoms with Gasteiger partial charge in [-0.2, -0.15) is 11.3 Å². The standard InChI is InChI=1S/C24H22N4O4S2/c29-21(11-15-7-10-33-13-15)26-27-22(30)18-14-34-23(25-18)16-5-8-28(9-6-16)24(31)20-12-17-3-1-2-4-19(17)32-20/h1-4,7,10,12-14,16H,5-6,8-9,11H2,(H,26,29)(H,27,30). The normalized spacial score (nSPS) is 14.3. The van der Waals surface area contributed by atoms with Gasteiger partial charge in [0.05, 0.1) is 11.4 Å². The van der Waals surface area contributed by atoms with Crippen LogP contribution in [0.4, 0.5) is 0 Å². The number of fused-ring (bicyclic) bond motifs is 1. The number of thiazole rings is 1. The van der Waals surface area contributed by atoms with Crippen molar-refractivity contribution in [3.05, 3.63) is 74.6 Å². The van der Waals surface area contributed by atoms with E-state index < -0.39 is 5.91 Å². The maximum Gasteiger partial charge on any atom is 0.289 e. The van der Waals surface area contributed by atoms with Gasteiger partial charge in [0.25, 0.3) is 11.8 Å². The first-order chi connectivity index (χ1) is 16.6. The molecule has 4 heterocycles. The number of hydrogen-bond acceptors (Lipinski definition) is 7. The van der Waals surface area contributed by atoms with Gasteiger partial charge in [-0.3, -0.25) is 25.2 Å². The molecule has 1 fully saturated rings. The third-order valence-electron chi connectivity index (χ3n) is 5.78. The number of furan rings is 1. The fourth-order valence-corrected chi connectivity index (χ4v) is 5.61. The number of amides is 3. The summed E-state index contributed by atoms with van der Waals surface area (Å²) in [6, 6.07) is 11.2. The highest BCUT2D eigenvalue weighted by atomic mass is 32.1. The van der Waals surface area contributed by atoms with Crippen molar-refractivity contribution in [3.63, 3.8) is 0 Å². The highest BCUT2D eigenvalue weighted by Crippen LogP contribution is 2.31. The average Bonchev–Trinajstić information content (AvgIpc) is 3.63. The van der Waals surface area contributed by atoms with Crippen LogP contribution < -0.4 is 10.9 Å². The van der Waals surface area contributed by atoms with E-state index in [0.29, 0.717) is 24.4 Å². The molecule has 8 nitrogen and oxygen atoms in total. The summed E-state index contributed by atoms with van der Waals surface area (Å²) >= 11 is 2.94. The number of aromatic nitrogens is 1. The number of thiophene rings is 1. The van der Waals surface area contributed by atoms with Gasteiger partial charge < -0.3 is 9.32 Å². The molecule has 1 aliphatic heterocycles. The van der Waals surface area contributed by atoms with Crippen molar-refractivity contribution in [3.8, 4) is 0 Å². The molecular formula is C24H22N4O4S2. The lowest BCUT2D eigenvalue weighted by Crippen LogP contribution is -2.42. The Hall–Kier alpha value is -3.50. The number of nitrogens with zero attached hydrogens (tertiary/aromatic N) is 2. The second-order valence-electron chi connectivity index (χ2n) is 8.10. The molecule has 0 saturated carbocycles. The highest BCUT2D eigenvalue weighted by Gasteiger charge is 2.28. The largest absolute Gasteiger partial charge is 0.451 e. The lowest BCUT2D eigenvalue weighted by Gasteiger charge is -2.30. The van der Waals surface area contributed by atoms with E-state index in [0.717, 1.165) is 28.8 Å². The number of likely N-dealkylation sites (tertiary alicyclic amines) is 1. The third kappa shape index (κ3) is 4.87. The lowest BCUT2D eigenvalue weighted by atomic mass is 9.97. The fourth-order valence-electron chi connectivity index (χ4n) is 3.97. The van der Waals surface area contributed by atoms with E-state index in [2.05, 4.69) is 15.8 Å². The van der Waals surface area contributed by atoms with Crippen LogP contribution in [0.3, 0.4) is 0 Å². The van der Waals surface area contributed by atoms with Gasteiger partial charge in [0.2, 0.25) is 5.91 Å². The number of para-hydroxylation sites is 1. The Morgan fingerprint density at radius 2 is 1.91 bits per heavy atom. The predicted octanol–water partition coefficient (Wildman–Crippen LogP) is 3.97. The smallest absolute Gasteiger partial charge is 0.289 e. The van der Waals surface area contributed by atoms with Crippen LogP contribution in [0.2, 0.25) is 0 Å². The van der Waals surface area contributed by atoms with Gasteiger partial charge in [-0.25, -0.2) is 4.98 Å². The number of carbonyl (C=O) groups excluding carboxylic acids is 3. The molecule has 5 rings (SSSR count). The van der Waals surface area contributed by atoms with Crippen LogP contribution in [0.15, 0.2) is 57.0 Å². The summed E-state index contributed by atoms with van der Waals surface area (Å²) in [5.41, 5.74) is 6.73. The molecule has 1 saturated heterocycles. The first kappa shape index (κ1) is 22.3. The van der Waals surface area contributed by atoms with Crippen LogP contribution in [0.5, 0.6) is 0 Å². The molecule has 1 aromatic carbocycles. The molecule has 0 radical (unpaired) electrons. The van der Waals surface area contributed by atoms with E-state index in [1.165, 1.54) is 22.7 Å². The molecule has 4 aromatic rings. The van der Waals surface area contributed by atoms with Crippen molar-refractivity contribution in [1.82, 2.24) is 20.7 Å². The van der Waals surface area contributed by atoms with Crippen LogP contribution in [0.25, 0.3) is 11.0 Å². The quantitative estimate of drug-likeness (QED) is 0.409. The Labute approximate surface area is 203 Å². The minimum Gasteiger partial charge on any atom is -0.451 e. The van der Waals surface area contributed by atoms with Gasteiger partial charge in [0.1, 0.15) is 11.3 Å². The minimum atomic E-state index is -0.446. The maximum absolute atomic E-state index is 12.9. The van der Waals surface area contributed by atoms with Gasteiger partial charge in [0, 0.05) is 29.8 Å². The Bertz CT molecular complexity index is 1290. The number of nitrogens with one attached hydrogen (secondary N) is 2. The van der Waals surface area contributed by atoms with Crippen LogP contribution in [0.1, 0.15) is 50.4 Å². The molecule has 3 amide bonds. The molecule has 10 heteroatoms. The monoisotopic (exact) mass is 494 g/mol. The molecule has 0 aliphatic carbocycles. The molecular weight excluding hydrogens is 472 g/mol. The molecule has 0 spiro atoms. The van der Waals surface area contributed by atoms with Crippen molar-refractivity contribution in [2.75, 3.05) is 13.1 Å². The Kier molecular flexibility index (Phi) is 6.41. The van der Waals surface area contributed by atoms with Crippen molar-refractivity contribution in [1.29, 1.82) is 0 Å². The van der Waals surface area contributed by atoms with Gasteiger partial charge in [-0.1, -0.05) is 18.2 Å². The lowest BCUT2D eigenvalue weighted by molar-refractivity contribution is -0.121. The first-order valence-electron chi connectivity index (χ1n) is 10.9. The number of hydrogen-bond donors (Lipinski definition) is 2. The summed E-state index contributed by atoms with van der Waals surface area (Å²) in [6.07, 6.45) is 1.73. The van der Waals surface area contributed by atoms with Crippen LogP contribution >= 0.6 is 22.7 Å². The average molecular weight is 495 g/mol. The summed E-state index contributed by atoms with van der Waals surface area (Å²) in [5, 5.41) is 7.27. The Morgan fingerprint density at radius 1 is 1.09 bits per heavy atom. The Morgan fingerprint density at radius 3 is 2.68 bits per heavy atom. The molecule has 1 aliphatic rings. The van der Waals surface area contributed by atoms with Gasteiger partial charge in [-0.05, 0) is 47.4 Å². The van der Waals surface area contributed by atoms with Gasteiger partial charge in [-0.15, -0.1) is 11.3 Å². The summed E-state index contributed by atoms with van der Waals surface area (Å²) in [5.74, 6) is -0.303. The number of benzene rings is 1. The minimum absolute atomic E-state index is 0.105. The zero-order chi connectivity index (χ0) is 23.5. The predicted molar refractivity (Wildman–Crippen MR) is 130 cm³/mol. The molecule has 34 heavy (non-hydrogen) atoms. The van der Waals surface area contributed by atoms with Crippen molar-refractivity contribution >= 4 is 51.4 Å². The van der Waals surface area contributed by atoms with E-state index >= 15 is 0 Å². The number of rotatable bonds is 5. The van der Waals surface area contributed by atoms with E-state index in [1.807, 2.05) is 41.1 Å². The summed E-state index contributed by atoms with van der Waals surface area (Å²) in [7, 11) is 0. The van der Waals surface area contributed by atoms with Gasteiger partial charge in [0.15, 0.2) is 5.76 Å². The molecule has 0 unspecified atom stereocenters. The third-order valence-corrected chi connectivity index (χ3v) is 7.52. The maximum atomic E-state index is 12.9. The van der Waals surface area contributed by atoms with E-state index in [9.17, 15) is 14.4 Å². The molecule has 2 N–H and O–H groups in total. The number of carbonyl (C=O) groups is 3. The number of hydrazine groups is 1. The van der Waals surface area contributed by atoms with Crippen LogP contribution in [-0.2, 0) is 11.2 Å². The van der Waals surface area contributed by atoms with Gasteiger partial charge >= 0.3 is 0 Å². The van der Waals surface area contributed by atoms with Crippen LogP contribution in [-0.4, -0.2) is 40.7 Å². The molecule has 174 valence electrons. The van der Waals surface area contributed by atoms with E-state index in [-0.39, 0.29) is 29.8 Å². The second-order valence-corrected chi connectivity index (χ2v) is 9.77. The van der Waals surface area contributed by atoms with Crippen molar-refractivity contribution < 1.29 is 18.8 Å². The van der Waals surface area contributed by atoms with Crippen molar-refractivity contribution in [2.24, 2.45) is 0 Å². The van der Waals surface area contributed by atoms with E-state index in [4.69, 9.17) is 4.42 Å². The molecule has 0 bridgehead atoms. The zero-order valence-electron chi connectivity index (χ0n) is 18.2. The molecule has 3 aromatic heterocycles. The summed E-state index contributed by atoms with van der Waals surface area (Å²) in [4.78, 5) is 43.5. The summed E-state index contributed by atoms with van der Waals surface area (Å²) < 4.78 is 5.72. The topological polar surface area (TPSA) is 105 Å². The summed E-state index contributed by atoms with van der Waals surface area (Å²) in [6.45, 7) is 1.20. The zero-order valence-corrected chi connectivity index (χ0v) is 19.8. The second kappa shape index (κ2) is 9.78. The fraction of sp³-hybridized carbons (Fsp3) is 0.250. The first-order valence-corrected chi connectivity index (χ1v) is 12.7. The SMILES string of the molecule is O=C(Cc1ccsc1)NNC(=O)c1csc(C2CCN(C(=O)c3cc4ccccc4o3)CC2)n1. The number of piperidine rings is 1. The Balaban J connectivity index is 1.13. The highest BCUT2D eigenvalue weighted by molar-refractivity contribution is 7.10. The van der Waals surface area contributed by atoms with E-state index in [1.54, 1.807) is 16.3 Å². The molecule has 0 atom stereocenters.